The largest absolute Gasteiger partial charge is 0.480 e. The number of ether oxygens (including phenoxy) is 1. The summed E-state index contributed by atoms with van der Waals surface area (Å²) in [6.07, 6.45) is 1.80. The van der Waals surface area contributed by atoms with Crippen LogP contribution < -0.4 is 5.32 Å². The van der Waals surface area contributed by atoms with Crippen molar-refractivity contribution in [2.45, 2.75) is 70.9 Å². The van der Waals surface area contributed by atoms with Gasteiger partial charge in [-0.15, -0.1) is 0 Å². The van der Waals surface area contributed by atoms with Gasteiger partial charge in [-0.05, 0) is 49.4 Å². The fourth-order valence-corrected chi connectivity index (χ4v) is 4.64. The number of carbonyl (C=O) groups excluding carboxylic acids is 2. The third-order valence-electron chi connectivity index (χ3n) is 6.40. The number of benzene rings is 2. The average molecular weight is 481 g/mol. The summed E-state index contributed by atoms with van der Waals surface area (Å²) in [5.41, 5.74) is 3.94. The quantitative estimate of drug-likeness (QED) is 0.488. The van der Waals surface area contributed by atoms with E-state index >= 15 is 0 Å². The topological polar surface area (TPSA) is 95.9 Å². The maximum Gasteiger partial charge on any atom is 0.407 e. The summed E-state index contributed by atoms with van der Waals surface area (Å²) in [7, 11) is 0. The van der Waals surface area contributed by atoms with Crippen molar-refractivity contribution >= 4 is 18.0 Å². The van der Waals surface area contributed by atoms with Crippen molar-refractivity contribution in [2.75, 3.05) is 13.2 Å². The summed E-state index contributed by atoms with van der Waals surface area (Å²) in [6, 6.07) is 15.8. The third kappa shape index (κ3) is 6.62. The molecule has 2 aromatic carbocycles. The second kappa shape index (κ2) is 11.4. The van der Waals surface area contributed by atoms with Crippen LogP contribution in [0, 0.1) is 0 Å². The van der Waals surface area contributed by atoms with Gasteiger partial charge in [-0.2, -0.15) is 0 Å². The smallest absolute Gasteiger partial charge is 0.407 e. The van der Waals surface area contributed by atoms with Gasteiger partial charge in [0.25, 0.3) is 0 Å². The molecule has 0 bridgehead atoms. The zero-order valence-corrected chi connectivity index (χ0v) is 21.0. The van der Waals surface area contributed by atoms with Crippen LogP contribution in [-0.2, 0) is 14.3 Å². The second-order valence-corrected chi connectivity index (χ2v) is 10.1. The van der Waals surface area contributed by atoms with E-state index in [1.807, 2.05) is 31.2 Å². The lowest BCUT2D eigenvalue weighted by Crippen LogP contribution is -2.50. The van der Waals surface area contributed by atoms with Gasteiger partial charge in [0, 0.05) is 23.9 Å². The number of unbranched alkanes of at least 4 members (excludes halogenated alkanes) is 1. The van der Waals surface area contributed by atoms with Gasteiger partial charge in [0.2, 0.25) is 5.91 Å². The first kappa shape index (κ1) is 26.3. The number of carboxylic acid groups (broad SMARTS) is 1. The number of fused-ring (bicyclic) bond motifs is 3. The first-order chi connectivity index (χ1) is 16.6. The number of hydrogen-bond donors (Lipinski definition) is 2. The van der Waals surface area contributed by atoms with Gasteiger partial charge in [0.15, 0.2) is 0 Å². The van der Waals surface area contributed by atoms with Gasteiger partial charge in [-0.1, -0.05) is 68.3 Å². The molecular formula is C28H36N2O5. The van der Waals surface area contributed by atoms with Crippen LogP contribution in [0.5, 0.6) is 0 Å². The maximum absolute atomic E-state index is 13.0. The molecule has 2 aromatic rings. The summed E-state index contributed by atoms with van der Waals surface area (Å²) < 4.78 is 5.65. The third-order valence-corrected chi connectivity index (χ3v) is 6.40. The van der Waals surface area contributed by atoms with E-state index in [2.05, 4.69) is 29.6 Å². The van der Waals surface area contributed by atoms with Crippen molar-refractivity contribution in [2.24, 2.45) is 0 Å². The minimum atomic E-state index is -1.07. The summed E-state index contributed by atoms with van der Waals surface area (Å²) >= 11 is 0. The molecule has 0 radical (unpaired) electrons. The molecule has 0 saturated heterocycles. The number of hydrogen-bond acceptors (Lipinski definition) is 4. The van der Waals surface area contributed by atoms with Crippen LogP contribution in [0.15, 0.2) is 48.5 Å². The Morgan fingerprint density at radius 3 is 2.11 bits per heavy atom. The Morgan fingerprint density at radius 1 is 1.03 bits per heavy atom. The molecule has 0 aliphatic heterocycles. The number of rotatable bonds is 10. The molecule has 0 saturated carbocycles. The van der Waals surface area contributed by atoms with Gasteiger partial charge in [0.1, 0.15) is 13.2 Å². The molecule has 2 amide bonds. The Hall–Kier alpha value is -3.35. The highest BCUT2D eigenvalue weighted by atomic mass is 16.5. The summed E-state index contributed by atoms with van der Waals surface area (Å²) in [5.74, 6) is -1.42. The van der Waals surface area contributed by atoms with Gasteiger partial charge >= 0.3 is 12.1 Å². The average Bonchev–Trinajstić information content (AvgIpc) is 3.12. The molecule has 1 aliphatic carbocycles. The lowest BCUT2D eigenvalue weighted by Gasteiger charge is -2.35. The second-order valence-electron chi connectivity index (χ2n) is 10.1. The van der Waals surface area contributed by atoms with Crippen LogP contribution in [0.3, 0.4) is 0 Å². The maximum atomic E-state index is 13.0. The highest BCUT2D eigenvalue weighted by Gasteiger charge is 2.31. The molecule has 2 N–H and O–H groups in total. The highest BCUT2D eigenvalue weighted by Crippen LogP contribution is 2.44. The minimum Gasteiger partial charge on any atom is -0.480 e. The molecule has 0 heterocycles. The number of amides is 2. The van der Waals surface area contributed by atoms with Gasteiger partial charge in [-0.25, -0.2) is 4.79 Å². The van der Waals surface area contributed by atoms with Crippen LogP contribution in [0.25, 0.3) is 11.1 Å². The van der Waals surface area contributed by atoms with E-state index in [4.69, 9.17) is 4.74 Å². The monoisotopic (exact) mass is 480 g/mol. The summed E-state index contributed by atoms with van der Waals surface area (Å²) in [5, 5.41) is 12.1. The van der Waals surface area contributed by atoms with Crippen molar-refractivity contribution in [1.29, 1.82) is 0 Å². The van der Waals surface area contributed by atoms with Crippen LogP contribution >= 0.6 is 0 Å². The SMILES string of the molecule is CCCC[C@H](CC(=O)N(CC(=O)O)C(C)(C)C)NC(=O)OCC1c2ccccc2-c2ccccc21. The minimum absolute atomic E-state index is 0.0226. The normalized spacial score (nSPS) is 13.5. The number of nitrogens with zero attached hydrogens (tertiary/aromatic N) is 1. The lowest BCUT2D eigenvalue weighted by atomic mass is 9.98. The summed E-state index contributed by atoms with van der Waals surface area (Å²) in [4.78, 5) is 38.4. The number of aliphatic carboxylic acids is 1. The van der Waals surface area contributed by atoms with Crippen molar-refractivity contribution in [3.8, 4) is 11.1 Å². The molecule has 7 heteroatoms. The van der Waals surface area contributed by atoms with E-state index in [0.29, 0.717) is 6.42 Å². The molecule has 1 aliphatic rings. The first-order valence-corrected chi connectivity index (χ1v) is 12.3. The molecule has 0 unspecified atom stereocenters. The zero-order chi connectivity index (χ0) is 25.6. The standard InChI is InChI=1S/C28H36N2O5/c1-5-6-11-19(16-25(31)30(17-26(32)33)28(2,3)4)29-27(34)35-18-24-22-14-9-7-12-20(22)21-13-8-10-15-23(21)24/h7-10,12-15,19,24H,5-6,11,16-18H2,1-4H3,(H,29,34)(H,32,33)/t19-/m1/s1. The molecule has 0 fully saturated rings. The van der Waals surface area contributed by atoms with Crippen LogP contribution in [0.2, 0.25) is 0 Å². The van der Waals surface area contributed by atoms with E-state index in [9.17, 15) is 19.5 Å². The Morgan fingerprint density at radius 2 is 1.60 bits per heavy atom. The van der Waals surface area contributed by atoms with Gasteiger partial charge < -0.3 is 20.1 Å². The molecule has 188 valence electrons. The predicted octanol–water partition coefficient (Wildman–Crippen LogP) is 5.19. The van der Waals surface area contributed by atoms with Crippen molar-refractivity contribution in [3.63, 3.8) is 0 Å². The number of alkyl carbamates (subject to hydrolysis) is 1. The Labute approximate surface area is 207 Å². The van der Waals surface area contributed by atoms with Crippen molar-refractivity contribution in [1.82, 2.24) is 10.2 Å². The van der Waals surface area contributed by atoms with E-state index in [-0.39, 0.29) is 31.4 Å². The fourth-order valence-electron chi connectivity index (χ4n) is 4.64. The highest BCUT2D eigenvalue weighted by molar-refractivity contribution is 5.83. The van der Waals surface area contributed by atoms with E-state index < -0.39 is 23.6 Å². The van der Waals surface area contributed by atoms with Crippen molar-refractivity contribution < 1.29 is 24.2 Å². The van der Waals surface area contributed by atoms with Crippen LogP contribution in [0.4, 0.5) is 4.79 Å². The molecule has 35 heavy (non-hydrogen) atoms. The number of carboxylic acids is 1. The zero-order valence-electron chi connectivity index (χ0n) is 21.0. The number of nitrogens with one attached hydrogen (secondary N) is 1. The van der Waals surface area contributed by atoms with Crippen LogP contribution in [-0.4, -0.2) is 52.7 Å². The molecular weight excluding hydrogens is 444 g/mol. The Kier molecular flexibility index (Phi) is 8.54. The van der Waals surface area contributed by atoms with Gasteiger partial charge in [0.05, 0.1) is 0 Å². The number of carbonyl (C=O) groups is 3. The van der Waals surface area contributed by atoms with Gasteiger partial charge in [-0.3, -0.25) is 9.59 Å². The molecule has 7 nitrogen and oxygen atoms in total. The van der Waals surface area contributed by atoms with Crippen molar-refractivity contribution in [3.05, 3.63) is 59.7 Å². The predicted molar refractivity (Wildman–Crippen MR) is 135 cm³/mol. The fraction of sp³-hybridized carbons (Fsp3) is 0.464. The molecule has 0 aromatic heterocycles. The van der Waals surface area contributed by atoms with Crippen LogP contribution in [0.1, 0.15) is 70.4 Å². The Balaban J connectivity index is 1.66. The molecule has 0 spiro atoms. The van der Waals surface area contributed by atoms with E-state index in [1.54, 1.807) is 20.8 Å². The first-order valence-electron chi connectivity index (χ1n) is 12.3. The summed E-state index contributed by atoms with van der Waals surface area (Å²) in [6.45, 7) is 7.25. The van der Waals surface area contributed by atoms with E-state index in [0.717, 1.165) is 35.1 Å². The van der Waals surface area contributed by atoms with E-state index in [1.165, 1.54) is 4.90 Å². The lowest BCUT2D eigenvalue weighted by molar-refractivity contribution is -0.148. The Bertz CT molecular complexity index is 1010. The molecule has 1 atom stereocenters. The molecule has 3 rings (SSSR count).